The average molecular weight is 444 g/mol. The van der Waals surface area contributed by atoms with Gasteiger partial charge in [-0.05, 0) is 36.8 Å². The molecule has 0 atom stereocenters. The smallest absolute Gasteiger partial charge is 0.204 e. The summed E-state index contributed by atoms with van der Waals surface area (Å²) in [5, 5.41) is 12.2. The number of halogens is 1. The molecule has 0 aliphatic carbocycles. The molecule has 0 fully saturated rings. The maximum absolute atomic E-state index is 12.9. The maximum atomic E-state index is 12.9. The third kappa shape index (κ3) is 3.42. The van der Waals surface area contributed by atoms with E-state index in [0.717, 1.165) is 11.1 Å². The van der Waals surface area contributed by atoms with E-state index in [0.29, 0.717) is 44.6 Å². The molecule has 0 unspecified atom stereocenters. The van der Waals surface area contributed by atoms with E-state index in [1.807, 2.05) is 47.7 Å². The summed E-state index contributed by atoms with van der Waals surface area (Å²) in [5.41, 5.74) is 4.75. The first-order chi connectivity index (χ1) is 15.5. The van der Waals surface area contributed by atoms with Crippen LogP contribution < -0.4 is 10.1 Å². The van der Waals surface area contributed by atoms with Gasteiger partial charge in [0.25, 0.3) is 0 Å². The standard InChI is InChI=1S/C24H18ClN5O2/c1-14-10-19(21(32-2)12-17(14)25)28-23-24-29-26-13-30(24)20-11-16(8-9-18(20)27-23)22(31)15-6-4-3-5-7-15/h3-13H,1-2H3,(H,27,28). The molecule has 5 aromatic rings. The summed E-state index contributed by atoms with van der Waals surface area (Å²) in [4.78, 5) is 17.6. The van der Waals surface area contributed by atoms with Gasteiger partial charge in [-0.1, -0.05) is 41.9 Å². The van der Waals surface area contributed by atoms with Crippen molar-refractivity contribution in [2.75, 3.05) is 12.4 Å². The molecular weight excluding hydrogens is 426 g/mol. The summed E-state index contributed by atoms with van der Waals surface area (Å²) in [6, 6.07) is 18.2. The summed E-state index contributed by atoms with van der Waals surface area (Å²) >= 11 is 6.23. The summed E-state index contributed by atoms with van der Waals surface area (Å²) in [7, 11) is 1.58. The molecule has 0 saturated heterocycles. The Labute approximate surface area is 188 Å². The number of hydrogen-bond acceptors (Lipinski definition) is 6. The average Bonchev–Trinajstić information content (AvgIpc) is 3.32. The quantitative estimate of drug-likeness (QED) is 0.375. The van der Waals surface area contributed by atoms with Crippen LogP contribution >= 0.6 is 11.6 Å². The lowest BCUT2D eigenvalue weighted by Crippen LogP contribution is -2.04. The van der Waals surface area contributed by atoms with Gasteiger partial charge >= 0.3 is 0 Å². The number of benzene rings is 3. The first-order valence-corrected chi connectivity index (χ1v) is 10.3. The molecule has 0 radical (unpaired) electrons. The molecule has 5 rings (SSSR count). The van der Waals surface area contributed by atoms with Crippen LogP contribution in [0, 0.1) is 6.92 Å². The third-order valence-corrected chi connectivity index (χ3v) is 5.67. The SMILES string of the molecule is COc1cc(Cl)c(C)cc1Nc1nc2ccc(C(=O)c3ccccc3)cc2n2cnnc12. The number of carbonyl (C=O) groups excluding carboxylic acids is 1. The van der Waals surface area contributed by atoms with Crippen molar-refractivity contribution in [1.82, 2.24) is 19.6 Å². The molecule has 0 spiro atoms. The lowest BCUT2D eigenvalue weighted by atomic mass is 10.0. The first kappa shape index (κ1) is 20.0. The normalized spacial score (nSPS) is 11.1. The summed E-state index contributed by atoms with van der Waals surface area (Å²) in [6.45, 7) is 1.92. The number of aromatic nitrogens is 4. The van der Waals surface area contributed by atoms with Gasteiger partial charge in [0.2, 0.25) is 5.65 Å². The monoisotopic (exact) mass is 443 g/mol. The van der Waals surface area contributed by atoms with Crippen LogP contribution in [0.25, 0.3) is 16.7 Å². The van der Waals surface area contributed by atoms with E-state index in [1.165, 1.54) is 0 Å². The summed E-state index contributed by atoms with van der Waals surface area (Å²) in [6.07, 6.45) is 1.60. The minimum Gasteiger partial charge on any atom is -0.495 e. The van der Waals surface area contributed by atoms with Gasteiger partial charge in [0.15, 0.2) is 11.6 Å². The van der Waals surface area contributed by atoms with Crippen molar-refractivity contribution in [3.63, 3.8) is 0 Å². The van der Waals surface area contributed by atoms with Crippen LogP contribution in [-0.2, 0) is 0 Å². The van der Waals surface area contributed by atoms with Crippen LogP contribution in [0.3, 0.4) is 0 Å². The van der Waals surface area contributed by atoms with Crippen molar-refractivity contribution < 1.29 is 9.53 Å². The molecule has 0 bridgehead atoms. The first-order valence-electron chi connectivity index (χ1n) is 9.89. The zero-order valence-electron chi connectivity index (χ0n) is 17.3. The van der Waals surface area contributed by atoms with E-state index in [-0.39, 0.29) is 5.78 Å². The Balaban J connectivity index is 1.62. The van der Waals surface area contributed by atoms with Crippen molar-refractivity contribution in [3.8, 4) is 5.75 Å². The Morgan fingerprint density at radius 2 is 1.88 bits per heavy atom. The number of carbonyl (C=O) groups is 1. The number of ketones is 1. The molecule has 32 heavy (non-hydrogen) atoms. The van der Waals surface area contributed by atoms with Crippen LogP contribution in [0.5, 0.6) is 5.75 Å². The van der Waals surface area contributed by atoms with E-state index < -0.39 is 0 Å². The highest BCUT2D eigenvalue weighted by Gasteiger charge is 2.16. The number of rotatable bonds is 5. The van der Waals surface area contributed by atoms with Crippen LogP contribution in [-0.4, -0.2) is 32.5 Å². The number of nitrogens with one attached hydrogen (secondary N) is 1. The van der Waals surface area contributed by atoms with Crippen molar-refractivity contribution in [1.29, 1.82) is 0 Å². The predicted octanol–water partition coefficient (Wildman–Crippen LogP) is 5.22. The van der Waals surface area contributed by atoms with Gasteiger partial charge in [-0.25, -0.2) is 4.98 Å². The highest BCUT2D eigenvalue weighted by molar-refractivity contribution is 6.31. The zero-order valence-corrected chi connectivity index (χ0v) is 18.1. The van der Waals surface area contributed by atoms with Crippen molar-refractivity contribution in [2.24, 2.45) is 0 Å². The fourth-order valence-electron chi connectivity index (χ4n) is 3.59. The Kier molecular flexibility index (Phi) is 4.95. The molecular formula is C24H18ClN5O2. The van der Waals surface area contributed by atoms with Gasteiger partial charge in [-0.15, -0.1) is 10.2 Å². The number of aryl methyl sites for hydroxylation is 1. The highest BCUT2D eigenvalue weighted by atomic mass is 35.5. The fourth-order valence-corrected chi connectivity index (χ4v) is 3.75. The summed E-state index contributed by atoms with van der Waals surface area (Å²) < 4.78 is 7.27. The molecule has 8 heteroatoms. The zero-order chi connectivity index (χ0) is 22.2. The van der Waals surface area contributed by atoms with E-state index >= 15 is 0 Å². The number of ether oxygens (including phenoxy) is 1. The predicted molar refractivity (Wildman–Crippen MR) is 124 cm³/mol. The third-order valence-electron chi connectivity index (χ3n) is 5.26. The van der Waals surface area contributed by atoms with Crippen molar-refractivity contribution in [2.45, 2.75) is 6.92 Å². The molecule has 0 amide bonds. The second kappa shape index (κ2) is 7.94. The molecule has 0 aliphatic heterocycles. The fraction of sp³-hybridized carbons (Fsp3) is 0.0833. The topological polar surface area (TPSA) is 81.4 Å². The molecule has 2 aromatic heterocycles. The molecule has 3 aromatic carbocycles. The second-order valence-corrected chi connectivity index (χ2v) is 7.72. The number of hydrogen-bond donors (Lipinski definition) is 1. The van der Waals surface area contributed by atoms with Crippen LogP contribution in [0.2, 0.25) is 5.02 Å². The maximum Gasteiger partial charge on any atom is 0.204 e. The molecule has 1 N–H and O–H groups in total. The Hall–Kier alpha value is -3.97. The van der Waals surface area contributed by atoms with Crippen LogP contribution in [0.15, 0.2) is 67.0 Å². The minimum absolute atomic E-state index is 0.0581. The van der Waals surface area contributed by atoms with E-state index in [4.69, 9.17) is 21.3 Å². The van der Waals surface area contributed by atoms with Crippen molar-refractivity contribution >= 4 is 45.6 Å². The lowest BCUT2D eigenvalue weighted by molar-refractivity contribution is 0.103. The second-order valence-electron chi connectivity index (χ2n) is 7.31. The Morgan fingerprint density at radius 1 is 1.06 bits per heavy atom. The number of methoxy groups -OCH3 is 1. The Morgan fingerprint density at radius 3 is 2.66 bits per heavy atom. The van der Waals surface area contributed by atoms with Gasteiger partial charge in [0.05, 0.1) is 23.8 Å². The lowest BCUT2D eigenvalue weighted by Gasteiger charge is -2.14. The minimum atomic E-state index is -0.0581. The summed E-state index contributed by atoms with van der Waals surface area (Å²) in [5.74, 6) is 1.04. The number of anilines is 2. The molecule has 0 saturated carbocycles. The molecule has 7 nitrogen and oxygen atoms in total. The molecule has 2 heterocycles. The Bertz CT molecular complexity index is 1480. The van der Waals surface area contributed by atoms with Gasteiger partial charge < -0.3 is 10.1 Å². The molecule has 158 valence electrons. The largest absolute Gasteiger partial charge is 0.495 e. The van der Waals surface area contributed by atoms with E-state index in [9.17, 15) is 4.79 Å². The van der Waals surface area contributed by atoms with Gasteiger partial charge in [0, 0.05) is 22.2 Å². The van der Waals surface area contributed by atoms with E-state index in [1.54, 1.807) is 37.7 Å². The van der Waals surface area contributed by atoms with Crippen LogP contribution in [0.4, 0.5) is 11.5 Å². The van der Waals surface area contributed by atoms with Gasteiger partial charge in [0.1, 0.15) is 12.1 Å². The van der Waals surface area contributed by atoms with Gasteiger partial charge in [-0.3, -0.25) is 9.20 Å². The van der Waals surface area contributed by atoms with Crippen LogP contribution in [0.1, 0.15) is 21.5 Å². The number of fused-ring (bicyclic) bond motifs is 3. The highest BCUT2D eigenvalue weighted by Crippen LogP contribution is 2.34. The van der Waals surface area contributed by atoms with Crippen molar-refractivity contribution in [3.05, 3.63) is 88.7 Å². The van der Waals surface area contributed by atoms with E-state index in [2.05, 4.69) is 15.5 Å². The number of nitrogens with zero attached hydrogens (tertiary/aromatic N) is 4. The van der Waals surface area contributed by atoms with Gasteiger partial charge in [-0.2, -0.15) is 0 Å². The molecule has 0 aliphatic rings.